The van der Waals surface area contributed by atoms with Gasteiger partial charge in [0.1, 0.15) is 0 Å². The average molecular weight is 232 g/mol. The number of amides is 1. The lowest BCUT2D eigenvalue weighted by atomic mass is 9.82. The second-order valence-electron chi connectivity index (χ2n) is 4.81. The normalized spacial score (nSPS) is 24.5. The fourth-order valence-corrected chi connectivity index (χ4v) is 2.60. The minimum Gasteiger partial charge on any atom is -0.369 e. The molecule has 2 rings (SSSR count). The van der Waals surface area contributed by atoms with Crippen LogP contribution < -0.4 is 11.1 Å². The molecule has 1 saturated carbocycles. The van der Waals surface area contributed by atoms with Crippen molar-refractivity contribution in [3.8, 4) is 0 Å². The molecule has 0 saturated heterocycles. The Morgan fingerprint density at radius 3 is 2.41 bits per heavy atom. The van der Waals surface area contributed by atoms with E-state index < -0.39 is 0 Å². The van der Waals surface area contributed by atoms with Crippen LogP contribution in [0.4, 0.5) is 0 Å². The molecule has 1 aliphatic rings. The summed E-state index contributed by atoms with van der Waals surface area (Å²) in [6, 6.07) is 11.1. The molecule has 0 radical (unpaired) electrons. The topological polar surface area (TPSA) is 55.1 Å². The summed E-state index contributed by atoms with van der Waals surface area (Å²) >= 11 is 0. The van der Waals surface area contributed by atoms with Crippen LogP contribution in [0, 0.1) is 0 Å². The highest BCUT2D eigenvalue weighted by molar-refractivity contribution is 5.75. The molecule has 0 heterocycles. The molecule has 1 fully saturated rings. The third-order valence-electron chi connectivity index (χ3n) is 3.56. The Balaban J connectivity index is 1.80. The van der Waals surface area contributed by atoms with Crippen molar-refractivity contribution < 1.29 is 4.79 Å². The van der Waals surface area contributed by atoms with Gasteiger partial charge < -0.3 is 11.1 Å². The van der Waals surface area contributed by atoms with Crippen molar-refractivity contribution >= 4 is 5.91 Å². The van der Waals surface area contributed by atoms with Crippen LogP contribution >= 0.6 is 0 Å². The number of hydrogen-bond acceptors (Lipinski definition) is 2. The zero-order valence-electron chi connectivity index (χ0n) is 10.1. The van der Waals surface area contributed by atoms with Gasteiger partial charge >= 0.3 is 0 Å². The van der Waals surface area contributed by atoms with Crippen LogP contribution in [0.1, 0.15) is 37.2 Å². The Kier molecular flexibility index (Phi) is 4.15. The number of hydrogen-bond donors (Lipinski definition) is 2. The molecule has 3 nitrogen and oxygen atoms in total. The van der Waals surface area contributed by atoms with Crippen LogP contribution in [0.5, 0.6) is 0 Å². The second kappa shape index (κ2) is 5.82. The molecule has 1 amide bonds. The highest BCUT2D eigenvalue weighted by atomic mass is 16.1. The minimum atomic E-state index is -0.268. The van der Waals surface area contributed by atoms with E-state index in [0.29, 0.717) is 18.5 Å². The summed E-state index contributed by atoms with van der Waals surface area (Å²) in [4.78, 5) is 10.7. The van der Waals surface area contributed by atoms with Gasteiger partial charge in [-0.3, -0.25) is 4.79 Å². The molecule has 1 aliphatic carbocycles. The van der Waals surface area contributed by atoms with Crippen LogP contribution in [-0.2, 0) is 4.79 Å². The first-order chi connectivity index (χ1) is 8.25. The molecular weight excluding hydrogens is 212 g/mol. The lowest BCUT2D eigenvalue weighted by Gasteiger charge is -2.29. The van der Waals surface area contributed by atoms with Crippen molar-refractivity contribution in [2.75, 3.05) is 6.54 Å². The molecule has 0 aliphatic heterocycles. The van der Waals surface area contributed by atoms with Crippen LogP contribution in [0.15, 0.2) is 30.3 Å². The fraction of sp³-hybridized carbons (Fsp3) is 0.500. The lowest BCUT2D eigenvalue weighted by Crippen LogP contribution is -2.38. The van der Waals surface area contributed by atoms with E-state index in [9.17, 15) is 4.79 Å². The highest BCUT2D eigenvalue weighted by Crippen LogP contribution is 2.32. The summed E-state index contributed by atoms with van der Waals surface area (Å²) in [6.45, 7) is 0.306. The Bertz CT molecular complexity index is 356. The summed E-state index contributed by atoms with van der Waals surface area (Å²) < 4.78 is 0. The van der Waals surface area contributed by atoms with Crippen molar-refractivity contribution in [2.24, 2.45) is 5.73 Å². The fourth-order valence-electron chi connectivity index (χ4n) is 2.60. The number of rotatable bonds is 4. The molecule has 0 unspecified atom stereocenters. The van der Waals surface area contributed by atoms with E-state index in [2.05, 4.69) is 35.6 Å². The predicted octanol–water partition coefficient (Wildman–Crippen LogP) is 1.79. The number of nitrogens with one attached hydrogen (secondary N) is 1. The van der Waals surface area contributed by atoms with Gasteiger partial charge in [-0.1, -0.05) is 30.3 Å². The van der Waals surface area contributed by atoms with Crippen molar-refractivity contribution in [1.29, 1.82) is 0 Å². The number of carbonyl (C=O) groups excluding carboxylic acids is 1. The van der Waals surface area contributed by atoms with Gasteiger partial charge in [-0.05, 0) is 37.2 Å². The first-order valence-electron chi connectivity index (χ1n) is 6.32. The van der Waals surface area contributed by atoms with Gasteiger partial charge in [0, 0.05) is 6.04 Å². The molecule has 0 aromatic heterocycles. The zero-order chi connectivity index (χ0) is 12.1. The average Bonchev–Trinajstić information content (AvgIpc) is 2.38. The predicted molar refractivity (Wildman–Crippen MR) is 68.6 cm³/mol. The smallest absolute Gasteiger partial charge is 0.231 e. The van der Waals surface area contributed by atoms with Crippen molar-refractivity contribution in [1.82, 2.24) is 5.32 Å². The first kappa shape index (κ1) is 12.1. The van der Waals surface area contributed by atoms with E-state index >= 15 is 0 Å². The molecule has 0 bridgehead atoms. The van der Waals surface area contributed by atoms with Crippen molar-refractivity contribution in [2.45, 2.75) is 37.6 Å². The molecule has 0 spiro atoms. The van der Waals surface area contributed by atoms with Crippen LogP contribution in [0.2, 0.25) is 0 Å². The Morgan fingerprint density at radius 1 is 1.18 bits per heavy atom. The number of nitrogens with two attached hydrogens (primary N) is 1. The van der Waals surface area contributed by atoms with E-state index in [4.69, 9.17) is 5.73 Å². The van der Waals surface area contributed by atoms with E-state index in [-0.39, 0.29) is 5.91 Å². The first-order valence-corrected chi connectivity index (χ1v) is 6.32. The summed E-state index contributed by atoms with van der Waals surface area (Å²) in [5.74, 6) is 0.415. The summed E-state index contributed by atoms with van der Waals surface area (Å²) in [5.41, 5.74) is 6.57. The third kappa shape index (κ3) is 3.56. The molecule has 3 N–H and O–H groups in total. The van der Waals surface area contributed by atoms with Crippen LogP contribution in [0.3, 0.4) is 0 Å². The molecule has 1 aromatic rings. The summed E-state index contributed by atoms with van der Waals surface area (Å²) in [5, 5.41) is 3.22. The van der Waals surface area contributed by atoms with Gasteiger partial charge in [0.05, 0.1) is 6.54 Å². The third-order valence-corrected chi connectivity index (χ3v) is 3.56. The highest BCUT2D eigenvalue weighted by Gasteiger charge is 2.21. The maximum Gasteiger partial charge on any atom is 0.231 e. The van der Waals surface area contributed by atoms with Gasteiger partial charge in [0.2, 0.25) is 5.91 Å². The van der Waals surface area contributed by atoms with Gasteiger partial charge in [-0.15, -0.1) is 0 Å². The quantitative estimate of drug-likeness (QED) is 0.831. The maximum absolute atomic E-state index is 10.7. The Labute approximate surface area is 102 Å². The summed E-state index contributed by atoms with van der Waals surface area (Å²) in [7, 11) is 0. The van der Waals surface area contributed by atoms with Gasteiger partial charge in [-0.2, -0.15) is 0 Å². The molecule has 3 heteroatoms. The summed E-state index contributed by atoms with van der Waals surface area (Å²) in [6.07, 6.45) is 4.65. The SMILES string of the molecule is NC(=O)CNC1CCC(c2ccccc2)CC1. The van der Waals surface area contributed by atoms with E-state index in [1.807, 2.05) is 0 Å². The minimum absolute atomic E-state index is 0.268. The maximum atomic E-state index is 10.7. The van der Waals surface area contributed by atoms with Gasteiger partial charge in [0.15, 0.2) is 0 Å². The lowest BCUT2D eigenvalue weighted by molar-refractivity contribution is -0.117. The Morgan fingerprint density at radius 2 is 1.82 bits per heavy atom. The monoisotopic (exact) mass is 232 g/mol. The van der Waals surface area contributed by atoms with E-state index in [1.54, 1.807) is 0 Å². The van der Waals surface area contributed by atoms with Gasteiger partial charge in [0.25, 0.3) is 0 Å². The van der Waals surface area contributed by atoms with E-state index in [1.165, 1.54) is 18.4 Å². The molecule has 0 atom stereocenters. The number of carbonyl (C=O) groups is 1. The zero-order valence-corrected chi connectivity index (χ0v) is 10.1. The van der Waals surface area contributed by atoms with Crippen LogP contribution in [-0.4, -0.2) is 18.5 Å². The number of primary amides is 1. The van der Waals surface area contributed by atoms with Crippen molar-refractivity contribution in [3.05, 3.63) is 35.9 Å². The van der Waals surface area contributed by atoms with Crippen LogP contribution in [0.25, 0.3) is 0 Å². The molecule has 92 valence electrons. The molecule has 1 aromatic carbocycles. The van der Waals surface area contributed by atoms with E-state index in [0.717, 1.165) is 12.8 Å². The van der Waals surface area contributed by atoms with Crippen molar-refractivity contribution in [3.63, 3.8) is 0 Å². The largest absolute Gasteiger partial charge is 0.369 e. The number of benzene rings is 1. The molecule has 17 heavy (non-hydrogen) atoms. The van der Waals surface area contributed by atoms with Gasteiger partial charge in [-0.25, -0.2) is 0 Å². The standard InChI is InChI=1S/C14H20N2O/c15-14(17)10-16-13-8-6-12(7-9-13)11-4-2-1-3-5-11/h1-5,12-13,16H,6-10H2,(H2,15,17). The Hall–Kier alpha value is -1.35. The molecular formula is C14H20N2O. The second-order valence-corrected chi connectivity index (χ2v) is 4.81.